The molecule has 19 heavy (non-hydrogen) atoms. The molecule has 0 amide bonds. The molecule has 1 aromatic rings. The van der Waals surface area contributed by atoms with Crippen molar-refractivity contribution in [2.75, 3.05) is 0 Å². The van der Waals surface area contributed by atoms with E-state index in [0.29, 0.717) is 12.3 Å². The second kappa shape index (κ2) is 5.40. The van der Waals surface area contributed by atoms with E-state index in [4.69, 9.17) is 0 Å². The standard InChI is InChI=1S/C15H18N2O2/c1-12-4-3-7-15(9-12,11-16)10-13-5-2-6-14(8-13)17(18)19/h2,5-6,8,12H,3-4,7,9-10H2,1H3. The van der Waals surface area contributed by atoms with Crippen molar-refractivity contribution < 1.29 is 4.92 Å². The normalized spacial score (nSPS) is 26.6. The van der Waals surface area contributed by atoms with Crippen LogP contribution in [-0.2, 0) is 6.42 Å². The molecule has 2 atom stereocenters. The first-order chi connectivity index (χ1) is 9.04. The molecular formula is C15H18N2O2. The summed E-state index contributed by atoms with van der Waals surface area (Å²) in [7, 11) is 0. The van der Waals surface area contributed by atoms with Crippen LogP contribution in [0.4, 0.5) is 5.69 Å². The second-order valence-electron chi connectivity index (χ2n) is 5.70. The van der Waals surface area contributed by atoms with Gasteiger partial charge in [0.15, 0.2) is 0 Å². The molecule has 1 aromatic carbocycles. The fourth-order valence-electron chi connectivity index (χ4n) is 3.13. The summed E-state index contributed by atoms with van der Waals surface area (Å²) in [5, 5.41) is 20.3. The molecule has 0 bridgehead atoms. The van der Waals surface area contributed by atoms with Crippen LogP contribution in [0.1, 0.15) is 38.2 Å². The summed E-state index contributed by atoms with van der Waals surface area (Å²) in [6, 6.07) is 9.14. The number of nitro benzene ring substituents is 1. The Labute approximate surface area is 113 Å². The zero-order valence-electron chi connectivity index (χ0n) is 11.1. The molecule has 4 heteroatoms. The Balaban J connectivity index is 2.21. The fraction of sp³-hybridized carbons (Fsp3) is 0.533. The topological polar surface area (TPSA) is 66.9 Å². The molecule has 0 radical (unpaired) electrons. The monoisotopic (exact) mass is 258 g/mol. The third-order valence-corrected chi connectivity index (χ3v) is 3.99. The average molecular weight is 258 g/mol. The van der Waals surface area contributed by atoms with Crippen LogP contribution >= 0.6 is 0 Å². The quantitative estimate of drug-likeness (QED) is 0.610. The van der Waals surface area contributed by atoms with E-state index in [1.54, 1.807) is 12.1 Å². The molecule has 0 N–H and O–H groups in total. The van der Waals surface area contributed by atoms with Gasteiger partial charge < -0.3 is 0 Å². The Morgan fingerprint density at radius 1 is 1.58 bits per heavy atom. The maximum atomic E-state index is 10.8. The molecule has 1 aliphatic carbocycles. The number of nitriles is 1. The van der Waals surface area contributed by atoms with E-state index in [2.05, 4.69) is 13.0 Å². The second-order valence-corrected chi connectivity index (χ2v) is 5.70. The molecule has 100 valence electrons. The van der Waals surface area contributed by atoms with Gasteiger partial charge in [-0.15, -0.1) is 0 Å². The summed E-state index contributed by atoms with van der Waals surface area (Å²) in [4.78, 5) is 10.4. The van der Waals surface area contributed by atoms with Crippen LogP contribution in [0.2, 0.25) is 0 Å². The Hall–Kier alpha value is -1.89. The van der Waals surface area contributed by atoms with E-state index < -0.39 is 0 Å². The van der Waals surface area contributed by atoms with Gasteiger partial charge in [-0.2, -0.15) is 5.26 Å². The minimum Gasteiger partial charge on any atom is -0.258 e. The summed E-state index contributed by atoms with van der Waals surface area (Å²) in [5.41, 5.74) is 0.659. The third-order valence-electron chi connectivity index (χ3n) is 3.99. The van der Waals surface area contributed by atoms with Gasteiger partial charge in [0.1, 0.15) is 0 Å². The highest BCUT2D eigenvalue weighted by Gasteiger charge is 2.35. The lowest BCUT2D eigenvalue weighted by Crippen LogP contribution is -2.28. The van der Waals surface area contributed by atoms with Gasteiger partial charge in [-0.1, -0.05) is 31.9 Å². The van der Waals surface area contributed by atoms with Crippen molar-refractivity contribution in [2.24, 2.45) is 11.3 Å². The van der Waals surface area contributed by atoms with Gasteiger partial charge >= 0.3 is 0 Å². The zero-order valence-corrected chi connectivity index (χ0v) is 11.1. The van der Waals surface area contributed by atoms with Crippen LogP contribution in [0, 0.1) is 32.8 Å². The van der Waals surface area contributed by atoms with Crippen LogP contribution in [0.3, 0.4) is 0 Å². The Bertz CT molecular complexity index is 521. The van der Waals surface area contributed by atoms with Crippen LogP contribution in [-0.4, -0.2) is 4.92 Å². The predicted molar refractivity (Wildman–Crippen MR) is 72.5 cm³/mol. The molecule has 1 aliphatic rings. The molecule has 2 rings (SSSR count). The van der Waals surface area contributed by atoms with Crippen molar-refractivity contribution in [1.82, 2.24) is 0 Å². The van der Waals surface area contributed by atoms with E-state index in [1.165, 1.54) is 12.5 Å². The molecule has 1 saturated carbocycles. The maximum Gasteiger partial charge on any atom is 0.269 e. The number of nitrogens with zero attached hydrogens (tertiary/aromatic N) is 2. The van der Waals surface area contributed by atoms with Crippen molar-refractivity contribution in [3.8, 4) is 6.07 Å². The number of non-ortho nitro benzene ring substituents is 1. The highest BCUT2D eigenvalue weighted by Crippen LogP contribution is 2.41. The molecule has 1 fully saturated rings. The minimum absolute atomic E-state index is 0.106. The van der Waals surface area contributed by atoms with E-state index in [0.717, 1.165) is 24.8 Å². The van der Waals surface area contributed by atoms with Gasteiger partial charge in [0.2, 0.25) is 0 Å². The molecule has 0 spiro atoms. The summed E-state index contributed by atoms with van der Waals surface area (Å²) < 4.78 is 0. The van der Waals surface area contributed by atoms with Gasteiger partial charge in [-0.05, 0) is 30.7 Å². The summed E-state index contributed by atoms with van der Waals surface area (Å²) >= 11 is 0. The number of nitro groups is 1. The molecule has 0 heterocycles. The zero-order chi connectivity index (χ0) is 13.9. The third kappa shape index (κ3) is 3.11. The molecule has 0 aliphatic heterocycles. The molecule has 4 nitrogen and oxygen atoms in total. The first-order valence-corrected chi connectivity index (χ1v) is 6.69. The van der Waals surface area contributed by atoms with E-state index in [9.17, 15) is 15.4 Å². The first kappa shape index (κ1) is 13.5. The fourth-order valence-corrected chi connectivity index (χ4v) is 3.13. The lowest BCUT2D eigenvalue weighted by Gasteiger charge is -2.34. The van der Waals surface area contributed by atoms with Crippen LogP contribution < -0.4 is 0 Å². The van der Waals surface area contributed by atoms with Crippen LogP contribution in [0.25, 0.3) is 0 Å². The van der Waals surface area contributed by atoms with Gasteiger partial charge in [0.25, 0.3) is 5.69 Å². The molecule has 0 saturated heterocycles. The van der Waals surface area contributed by atoms with E-state index in [1.807, 2.05) is 6.07 Å². The van der Waals surface area contributed by atoms with E-state index in [-0.39, 0.29) is 16.0 Å². The lowest BCUT2D eigenvalue weighted by molar-refractivity contribution is -0.384. The largest absolute Gasteiger partial charge is 0.269 e. The van der Waals surface area contributed by atoms with Crippen molar-refractivity contribution in [3.63, 3.8) is 0 Å². The molecule has 2 unspecified atom stereocenters. The number of hydrogen-bond acceptors (Lipinski definition) is 3. The van der Waals surface area contributed by atoms with Crippen molar-refractivity contribution in [2.45, 2.75) is 39.0 Å². The Morgan fingerprint density at radius 2 is 2.37 bits per heavy atom. The SMILES string of the molecule is CC1CCCC(C#N)(Cc2cccc([N+](=O)[O-])c2)C1. The van der Waals surface area contributed by atoms with Crippen LogP contribution in [0.15, 0.2) is 24.3 Å². The maximum absolute atomic E-state index is 10.8. The average Bonchev–Trinajstić information content (AvgIpc) is 2.39. The van der Waals surface area contributed by atoms with Gasteiger partial charge in [0, 0.05) is 12.1 Å². The highest BCUT2D eigenvalue weighted by atomic mass is 16.6. The van der Waals surface area contributed by atoms with Crippen LogP contribution in [0.5, 0.6) is 0 Å². The van der Waals surface area contributed by atoms with Gasteiger partial charge in [-0.25, -0.2) is 0 Å². The highest BCUT2D eigenvalue weighted by molar-refractivity contribution is 5.35. The smallest absolute Gasteiger partial charge is 0.258 e. The van der Waals surface area contributed by atoms with Crippen molar-refractivity contribution >= 4 is 5.69 Å². The van der Waals surface area contributed by atoms with Crippen molar-refractivity contribution in [3.05, 3.63) is 39.9 Å². The lowest BCUT2D eigenvalue weighted by atomic mass is 9.68. The Kier molecular flexibility index (Phi) is 3.84. The number of hydrogen-bond donors (Lipinski definition) is 0. The summed E-state index contributed by atoms with van der Waals surface area (Å²) in [6.07, 6.45) is 4.67. The van der Waals surface area contributed by atoms with Gasteiger partial charge in [0.05, 0.1) is 16.4 Å². The molecular weight excluding hydrogens is 240 g/mol. The van der Waals surface area contributed by atoms with Gasteiger partial charge in [-0.3, -0.25) is 10.1 Å². The predicted octanol–water partition coefficient (Wildman–Crippen LogP) is 3.86. The summed E-state index contributed by atoms with van der Waals surface area (Å²) in [6.45, 7) is 2.18. The number of rotatable bonds is 3. The van der Waals surface area contributed by atoms with Crippen molar-refractivity contribution in [1.29, 1.82) is 5.26 Å². The first-order valence-electron chi connectivity index (χ1n) is 6.69. The minimum atomic E-state index is -0.383. The summed E-state index contributed by atoms with van der Waals surface area (Å²) in [5.74, 6) is 0.562. The number of benzene rings is 1. The Morgan fingerprint density at radius 3 is 3.00 bits per heavy atom. The van der Waals surface area contributed by atoms with E-state index >= 15 is 0 Å². The molecule has 0 aromatic heterocycles.